The molecule has 0 aromatic heterocycles. The van der Waals surface area contributed by atoms with Crippen molar-refractivity contribution >= 4 is 11.9 Å². The molecular formula is C25H35NO8. The molecule has 2 saturated heterocycles. The van der Waals surface area contributed by atoms with Gasteiger partial charge in [0.1, 0.15) is 18.3 Å². The maximum absolute atomic E-state index is 12.4. The Hall–Kier alpha value is -2.46. The molecule has 1 aromatic carbocycles. The molecule has 0 spiro atoms. The molecular weight excluding hydrogens is 442 g/mol. The average molecular weight is 478 g/mol. The van der Waals surface area contributed by atoms with Gasteiger partial charge in [-0.2, -0.15) is 0 Å². The zero-order valence-corrected chi connectivity index (χ0v) is 20.4. The number of allylic oxidation sites excluding steroid dienone is 1. The lowest BCUT2D eigenvalue weighted by Crippen LogP contribution is -2.49. The predicted octanol–water partition coefficient (Wildman–Crippen LogP) is 2.83. The summed E-state index contributed by atoms with van der Waals surface area (Å²) in [5.74, 6) is -1.69. The molecule has 0 aliphatic carbocycles. The van der Waals surface area contributed by atoms with Crippen LogP contribution >= 0.6 is 0 Å². The molecule has 5 atom stereocenters. The highest BCUT2D eigenvalue weighted by Gasteiger charge is 2.57. The largest absolute Gasteiger partial charge is 0.466 e. The Morgan fingerprint density at radius 1 is 1.12 bits per heavy atom. The fourth-order valence-electron chi connectivity index (χ4n) is 4.13. The Morgan fingerprint density at radius 2 is 1.82 bits per heavy atom. The van der Waals surface area contributed by atoms with E-state index in [4.69, 9.17) is 28.4 Å². The number of benzene rings is 1. The van der Waals surface area contributed by atoms with Crippen LogP contribution in [0.3, 0.4) is 0 Å². The van der Waals surface area contributed by atoms with Crippen LogP contribution in [-0.4, -0.2) is 61.6 Å². The van der Waals surface area contributed by atoms with Gasteiger partial charge in [-0.25, -0.2) is 4.79 Å². The number of ether oxygens (including phenoxy) is 6. The molecule has 2 fully saturated rings. The summed E-state index contributed by atoms with van der Waals surface area (Å²) in [5, 5.41) is 3.22. The Morgan fingerprint density at radius 3 is 2.50 bits per heavy atom. The Bertz CT molecular complexity index is 856. The van der Waals surface area contributed by atoms with E-state index in [2.05, 4.69) is 5.32 Å². The topological polar surface area (TPSA) is 102 Å². The second kappa shape index (κ2) is 11.8. The normalized spacial score (nSPS) is 26.6. The molecule has 2 aliphatic heterocycles. The zero-order chi connectivity index (χ0) is 24.7. The highest BCUT2D eigenvalue weighted by Crippen LogP contribution is 2.40. The number of esters is 2. The standard InChI is InChI=1S/C25H35NO8/c1-6-29-19(27)13-16(3)26-18(14-20(28)30-7-2)21-22(31-15-17-11-9-8-10-12-17)23-24(32-21)34-25(4,5)33-23/h8-13,18,21-24,26H,6-7,14-15H2,1-5H3/b16-13-/t18?,21?,22-,23+,24+/m0/s1. The van der Waals surface area contributed by atoms with Crippen LogP contribution in [0.2, 0.25) is 0 Å². The maximum Gasteiger partial charge on any atom is 0.332 e. The molecule has 2 aliphatic rings. The van der Waals surface area contributed by atoms with Crippen LogP contribution in [0.25, 0.3) is 0 Å². The number of carbonyl (C=O) groups excluding carboxylic acids is 2. The quantitative estimate of drug-likeness (QED) is 0.381. The van der Waals surface area contributed by atoms with Crippen LogP contribution in [0.5, 0.6) is 0 Å². The van der Waals surface area contributed by atoms with Crippen molar-refractivity contribution in [1.29, 1.82) is 0 Å². The van der Waals surface area contributed by atoms with Crippen molar-refractivity contribution in [3.8, 4) is 0 Å². The number of nitrogens with one attached hydrogen (secondary N) is 1. The van der Waals surface area contributed by atoms with Crippen LogP contribution < -0.4 is 5.32 Å². The summed E-state index contributed by atoms with van der Waals surface area (Å²) in [6, 6.07) is 9.20. The number of carbonyl (C=O) groups is 2. The number of fused-ring (bicyclic) bond motifs is 1. The number of hydrogen-bond acceptors (Lipinski definition) is 9. The van der Waals surface area contributed by atoms with Gasteiger partial charge in [0.15, 0.2) is 12.1 Å². The molecule has 9 nitrogen and oxygen atoms in total. The van der Waals surface area contributed by atoms with E-state index < -0.39 is 48.4 Å². The maximum atomic E-state index is 12.4. The molecule has 0 radical (unpaired) electrons. The third-order valence-electron chi connectivity index (χ3n) is 5.43. The van der Waals surface area contributed by atoms with Crippen LogP contribution in [0.1, 0.15) is 46.6 Å². The van der Waals surface area contributed by atoms with Gasteiger partial charge in [-0.1, -0.05) is 30.3 Å². The van der Waals surface area contributed by atoms with Crippen LogP contribution in [0, 0.1) is 0 Å². The predicted molar refractivity (Wildman–Crippen MR) is 122 cm³/mol. The van der Waals surface area contributed by atoms with E-state index in [1.165, 1.54) is 6.08 Å². The number of hydrogen-bond donors (Lipinski definition) is 1. The van der Waals surface area contributed by atoms with Crippen molar-refractivity contribution in [2.75, 3.05) is 13.2 Å². The van der Waals surface area contributed by atoms with Gasteiger partial charge in [-0.05, 0) is 40.2 Å². The fraction of sp³-hybridized carbons (Fsp3) is 0.600. The lowest BCUT2D eigenvalue weighted by molar-refractivity contribution is -0.222. The molecule has 1 aromatic rings. The molecule has 0 saturated carbocycles. The molecule has 9 heteroatoms. The lowest BCUT2D eigenvalue weighted by atomic mass is 10.00. The van der Waals surface area contributed by atoms with Crippen LogP contribution in [0.15, 0.2) is 42.1 Å². The molecule has 34 heavy (non-hydrogen) atoms. The van der Waals surface area contributed by atoms with E-state index >= 15 is 0 Å². The van der Waals surface area contributed by atoms with Crippen molar-refractivity contribution < 1.29 is 38.0 Å². The summed E-state index contributed by atoms with van der Waals surface area (Å²) < 4.78 is 34.7. The van der Waals surface area contributed by atoms with E-state index in [9.17, 15) is 9.59 Å². The van der Waals surface area contributed by atoms with E-state index in [1.54, 1.807) is 20.8 Å². The molecule has 2 unspecified atom stereocenters. The third kappa shape index (κ3) is 7.02. The van der Waals surface area contributed by atoms with Gasteiger partial charge in [0, 0.05) is 11.8 Å². The lowest BCUT2D eigenvalue weighted by Gasteiger charge is -2.32. The molecule has 0 amide bonds. The first-order valence-corrected chi connectivity index (χ1v) is 11.7. The molecule has 2 heterocycles. The highest BCUT2D eigenvalue weighted by atomic mass is 16.8. The summed E-state index contributed by atoms with van der Waals surface area (Å²) >= 11 is 0. The third-order valence-corrected chi connectivity index (χ3v) is 5.43. The van der Waals surface area contributed by atoms with Gasteiger partial charge >= 0.3 is 11.9 Å². The zero-order valence-electron chi connectivity index (χ0n) is 20.4. The summed E-state index contributed by atoms with van der Waals surface area (Å²) in [6.45, 7) is 9.70. The molecule has 188 valence electrons. The van der Waals surface area contributed by atoms with E-state index in [0.29, 0.717) is 12.3 Å². The van der Waals surface area contributed by atoms with Crippen molar-refractivity contribution in [3.05, 3.63) is 47.7 Å². The van der Waals surface area contributed by atoms with Gasteiger partial charge < -0.3 is 33.7 Å². The average Bonchev–Trinajstić information content (AvgIpc) is 3.24. The van der Waals surface area contributed by atoms with Crippen molar-refractivity contribution in [1.82, 2.24) is 5.32 Å². The minimum Gasteiger partial charge on any atom is -0.466 e. The van der Waals surface area contributed by atoms with Crippen molar-refractivity contribution in [2.24, 2.45) is 0 Å². The smallest absolute Gasteiger partial charge is 0.332 e. The summed E-state index contributed by atoms with van der Waals surface area (Å²) in [4.78, 5) is 24.3. The Kier molecular flexibility index (Phi) is 9.07. The summed E-state index contributed by atoms with van der Waals surface area (Å²) in [7, 11) is 0. The highest BCUT2D eigenvalue weighted by molar-refractivity contribution is 5.82. The van der Waals surface area contributed by atoms with Gasteiger partial charge in [0.2, 0.25) is 0 Å². The Balaban J connectivity index is 1.82. The van der Waals surface area contributed by atoms with E-state index in [0.717, 1.165) is 5.56 Å². The van der Waals surface area contributed by atoms with Crippen LogP contribution in [-0.2, 0) is 44.6 Å². The van der Waals surface area contributed by atoms with E-state index in [-0.39, 0.29) is 19.6 Å². The monoisotopic (exact) mass is 477 g/mol. The Labute approximate surface area is 200 Å². The second-order valence-corrected chi connectivity index (χ2v) is 8.67. The first kappa shape index (κ1) is 26.2. The summed E-state index contributed by atoms with van der Waals surface area (Å²) in [6.07, 6.45) is -0.932. The molecule has 0 bridgehead atoms. The number of rotatable bonds is 11. The first-order valence-electron chi connectivity index (χ1n) is 11.7. The first-order chi connectivity index (χ1) is 16.2. The van der Waals surface area contributed by atoms with Crippen molar-refractivity contribution in [3.63, 3.8) is 0 Å². The van der Waals surface area contributed by atoms with Crippen molar-refractivity contribution in [2.45, 2.75) is 84.1 Å². The minimum absolute atomic E-state index is 0.000538. The van der Waals surface area contributed by atoms with Gasteiger partial charge in [-0.15, -0.1) is 0 Å². The molecule has 3 rings (SSSR count). The van der Waals surface area contributed by atoms with Crippen LogP contribution in [0.4, 0.5) is 0 Å². The van der Waals surface area contributed by atoms with Gasteiger partial charge in [0.25, 0.3) is 0 Å². The van der Waals surface area contributed by atoms with Gasteiger partial charge in [0.05, 0.1) is 32.3 Å². The minimum atomic E-state index is -0.821. The van der Waals surface area contributed by atoms with E-state index in [1.807, 2.05) is 44.2 Å². The second-order valence-electron chi connectivity index (χ2n) is 8.67. The molecule has 1 N–H and O–H groups in total. The SMILES string of the molecule is CCOC(=O)/C=C(/C)NC(CC(=O)OCC)C1O[C@@H]2OC(C)(C)O[C@@H]2[C@H]1OCc1ccccc1. The summed E-state index contributed by atoms with van der Waals surface area (Å²) in [5.41, 5.74) is 1.52. The fourth-order valence-corrected chi connectivity index (χ4v) is 4.13. The van der Waals surface area contributed by atoms with Gasteiger partial charge in [-0.3, -0.25) is 4.79 Å².